The molecule has 5 nitrogen and oxygen atoms in total. The first-order chi connectivity index (χ1) is 13.2. The second-order valence-electron chi connectivity index (χ2n) is 6.06. The highest BCUT2D eigenvalue weighted by Gasteiger charge is 2.12. The lowest BCUT2D eigenvalue weighted by Gasteiger charge is -2.09. The summed E-state index contributed by atoms with van der Waals surface area (Å²) in [6.07, 6.45) is 1.08. The van der Waals surface area contributed by atoms with Crippen molar-refractivity contribution < 1.29 is 14.3 Å². The van der Waals surface area contributed by atoms with Crippen LogP contribution in [0.15, 0.2) is 53.5 Å². The summed E-state index contributed by atoms with van der Waals surface area (Å²) in [5.74, 6) is 0.690. The van der Waals surface area contributed by atoms with Gasteiger partial charge in [0, 0.05) is 20.1 Å². The summed E-state index contributed by atoms with van der Waals surface area (Å²) >= 11 is 1.50. The van der Waals surface area contributed by atoms with Crippen molar-refractivity contribution in [2.24, 2.45) is 4.99 Å². The highest BCUT2D eigenvalue weighted by atomic mass is 32.1. The van der Waals surface area contributed by atoms with Crippen LogP contribution in [0, 0.1) is 0 Å². The minimum atomic E-state index is -0.116. The van der Waals surface area contributed by atoms with Crippen LogP contribution in [0.1, 0.15) is 18.9 Å². The molecule has 0 N–H and O–H groups in total. The van der Waals surface area contributed by atoms with Crippen molar-refractivity contribution in [1.82, 2.24) is 4.57 Å². The van der Waals surface area contributed by atoms with Crippen LogP contribution < -0.4 is 9.54 Å². The SMILES string of the molecule is CCOc1cccc2sc(=NC(=O)CCc3ccccc3)n(CCOC)c12. The molecule has 1 amide bonds. The molecule has 2 aromatic carbocycles. The number of hydrogen-bond donors (Lipinski definition) is 0. The molecule has 0 bridgehead atoms. The van der Waals surface area contributed by atoms with Gasteiger partial charge in [0.25, 0.3) is 0 Å². The summed E-state index contributed by atoms with van der Waals surface area (Å²) < 4.78 is 14.1. The summed E-state index contributed by atoms with van der Waals surface area (Å²) in [5.41, 5.74) is 2.11. The highest BCUT2D eigenvalue weighted by Crippen LogP contribution is 2.27. The van der Waals surface area contributed by atoms with Gasteiger partial charge >= 0.3 is 0 Å². The van der Waals surface area contributed by atoms with Gasteiger partial charge in [0.15, 0.2) is 4.80 Å². The molecule has 3 aromatic rings. The Morgan fingerprint density at radius 2 is 1.96 bits per heavy atom. The molecular weight excluding hydrogens is 360 g/mol. The Morgan fingerprint density at radius 3 is 2.70 bits per heavy atom. The fraction of sp³-hybridized carbons (Fsp3) is 0.333. The molecule has 1 aromatic heterocycles. The Balaban J connectivity index is 1.92. The van der Waals surface area contributed by atoms with Crippen LogP contribution in [0.25, 0.3) is 10.2 Å². The molecule has 0 fully saturated rings. The number of ether oxygens (including phenoxy) is 2. The van der Waals surface area contributed by atoms with Crippen molar-refractivity contribution in [3.8, 4) is 5.75 Å². The largest absolute Gasteiger partial charge is 0.492 e. The van der Waals surface area contributed by atoms with Crippen LogP contribution in [0.3, 0.4) is 0 Å². The number of hydrogen-bond acceptors (Lipinski definition) is 4. The molecule has 0 aliphatic rings. The fourth-order valence-electron chi connectivity index (χ4n) is 2.90. The number of nitrogens with zero attached hydrogens (tertiary/aromatic N) is 2. The van der Waals surface area contributed by atoms with Gasteiger partial charge < -0.3 is 14.0 Å². The number of thiazole rings is 1. The standard InChI is InChI=1S/C21H24N2O3S/c1-3-26-17-10-7-11-18-20(17)23(14-15-25-2)21(27-18)22-19(24)13-12-16-8-5-4-6-9-16/h4-11H,3,12-15H2,1-2H3. The number of aryl methyl sites for hydroxylation is 1. The molecule has 142 valence electrons. The molecule has 27 heavy (non-hydrogen) atoms. The van der Waals surface area contributed by atoms with Gasteiger partial charge in [0.05, 0.1) is 17.9 Å². The van der Waals surface area contributed by atoms with Crippen molar-refractivity contribution >= 4 is 27.5 Å². The number of rotatable bonds is 8. The van der Waals surface area contributed by atoms with E-state index in [0.717, 1.165) is 21.5 Å². The summed E-state index contributed by atoms with van der Waals surface area (Å²) in [6.45, 7) is 3.70. The zero-order chi connectivity index (χ0) is 19.1. The third-order valence-corrected chi connectivity index (χ3v) is 5.22. The summed E-state index contributed by atoms with van der Waals surface area (Å²) in [5, 5.41) is 0. The lowest BCUT2D eigenvalue weighted by molar-refractivity contribution is -0.118. The van der Waals surface area contributed by atoms with E-state index in [1.165, 1.54) is 11.3 Å². The molecule has 3 rings (SSSR count). The molecule has 0 atom stereocenters. The monoisotopic (exact) mass is 384 g/mol. The first-order valence-electron chi connectivity index (χ1n) is 9.08. The molecule has 0 saturated carbocycles. The molecule has 0 radical (unpaired) electrons. The van der Waals surface area contributed by atoms with E-state index in [1.807, 2.05) is 60.0 Å². The zero-order valence-electron chi connectivity index (χ0n) is 15.7. The van der Waals surface area contributed by atoms with Gasteiger partial charge in [-0.3, -0.25) is 4.79 Å². The highest BCUT2D eigenvalue weighted by molar-refractivity contribution is 7.16. The normalized spacial score (nSPS) is 11.9. The predicted molar refractivity (Wildman–Crippen MR) is 108 cm³/mol. The first kappa shape index (κ1) is 19.3. The van der Waals surface area contributed by atoms with Gasteiger partial charge in [0.2, 0.25) is 5.91 Å². The molecule has 1 heterocycles. The zero-order valence-corrected chi connectivity index (χ0v) is 16.5. The number of amides is 1. The third-order valence-electron chi connectivity index (χ3n) is 4.17. The predicted octanol–water partition coefficient (Wildman–Crippen LogP) is 3.81. The summed E-state index contributed by atoms with van der Waals surface area (Å²) in [6, 6.07) is 15.9. The maximum absolute atomic E-state index is 12.5. The summed E-state index contributed by atoms with van der Waals surface area (Å²) in [4.78, 5) is 17.5. The first-order valence-corrected chi connectivity index (χ1v) is 9.90. The Kier molecular flexibility index (Phi) is 6.79. The molecule has 0 aliphatic heterocycles. The second-order valence-corrected chi connectivity index (χ2v) is 7.07. The van der Waals surface area contributed by atoms with Gasteiger partial charge in [0.1, 0.15) is 11.3 Å². The molecule has 0 saturated heterocycles. The number of benzene rings is 2. The van der Waals surface area contributed by atoms with Gasteiger partial charge in [-0.05, 0) is 31.0 Å². The number of methoxy groups -OCH3 is 1. The molecule has 0 spiro atoms. The van der Waals surface area contributed by atoms with Gasteiger partial charge in [-0.15, -0.1) is 0 Å². The number of para-hydroxylation sites is 1. The fourth-order valence-corrected chi connectivity index (χ4v) is 3.99. The van der Waals surface area contributed by atoms with Crippen LogP contribution in [-0.4, -0.2) is 30.8 Å². The van der Waals surface area contributed by atoms with Gasteiger partial charge in [-0.1, -0.05) is 47.7 Å². The van der Waals surface area contributed by atoms with Crippen LogP contribution in [0.4, 0.5) is 0 Å². The number of aromatic nitrogens is 1. The van der Waals surface area contributed by atoms with E-state index in [1.54, 1.807) is 7.11 Å². The van der Waals surface area contributed by atoms with E-state index < -0.39 is 0 Å². The molecule has 0 unspecified atom stereocenters. The molecular formula is C21H24N2O3S. The Bertz CT molecular complexity index is 960. The van der Waals surface area contributed by atoms with Gasteiger partial charge in [-0.2, -0.15) is 4.99 Å². The third kappa shape index (κ3) is 4.84. The van der Waals surface area contributed by atoms with Crippen molar-refractivity contribution in [1.29, 1.82) is 0 Å². The van der Waals surface area contributed by atoms with Crippen molar-refractivity contribution in [3.05, 3.63) is 58.9 Å². The summed E-state index contributed by atoms with van der Waals surface area (Å²) in [7, 11) is 1.67. The van der Waals surface area contributed by atoms with Crippen molar-refractivity contribution in [2.75, 3.05) is 20.3 Å². The molecule has 6 heteroatoms. The van der Waals surface area contributed by atoms with E-state index in [0.29, 0.717) is 37.4 Å². The number of fused-ring (bicyclic) bond motifs is 1. The van der Waals surface area contributed by atoms with Crippen LogP contribution in [0.5, 0.6) is 5.75 Å². The van der Waals surface area contributed by atoms with Crippen molar-refractivity contribution in [3.63, 3.8) is 0 Å². The minimum absolute atomic E-state index is 0.116. The lowest BCUT2D eigenvalue weighted by Crippen LogP contribution is -2.19. The average Bonchev–Trinajstić information content (AvgIpc) is 3.03. The van der Waals surface area contributed by atoms with E-state index in [-0.39, 0.29) is 5.91 Å². The quantitative estimate of drug-likeness (QED) is 0.593. The lowest BCUT2D eigenvalue weighted by atomic mass is 10.1. The van der Waals surface area contributed by atoms with Crippen LogP contribution >= 0.6 is 11.3 Å². The van der Waals surface area contributed by atoms with E-state index >= 15 is 0 Å². The minimum Gasteiger partial charge on any atom is -0.492 e. The van der Waals surface area contributed by atoms with E-state index in [9.17, 15) is 4.79 Å². The van der Waals surface area contributed by atoms with E-state index in [2.05, 4.69) is 4.99 Å². The van der Waals surface area contributed by atoms with Gasteiger partial charge in [-0.25, -0.2) is 0 Å². The van der Waals surface area contributed by atoms with Crippen LogP contribution in [0.2, 0.25) is 0 Å². The second kappa shape index (κ2) is 9.48. The Morgan fingerprint density at radius 1 is 1.15 bits per heavy atom. The molecule has 0 aliphatic carbocycles. The van der Waals surface area contributed by atoms with E-state index in [4.69, 9.17) is 9.47 Å². The topological polar surface area (TPSA) is 52.8 Å². The Labute approximate surface area is 162 Å². The van der Waals surface area contributed by atoms with Crippen LogP contribution in [-0.2, 0) is 22.5 Å². The smallest absolute Gasteiger partial charge is 0.248 e. The number of carbonyl (C=O) groups excluding carboxylic acids is 1. The van der Waals surface area contributed by atoms with Crippen molar-refractivity contribution in [2.45, 2.75) is 26.3 Å². The Hall–Kier alpha value is -2.44. The maximum Gasteiger partial charge on any atom is 0.248 e. The number of carbonyl (C=O) groups is 1. The maximum atomic E-state index is 12.5. The average molecular weight is 385 g/mol.